The molecule has 704 valence electrons. The van der Waals surface area contributed by atoms with Gasteiger partial charge >= 0.3 is 0 Å². The van der Waals surface area contributed by atoms with Gasteiger partial charge in [0, 0.05) is 135 Å². The topological polar surface area (TPSA) is 275 Å². The second-order valence-electron chi connectivity index (χ2n) is 31.0. The molecule has 0 spiro atoms. The lowest BCUT2D eigenvalue weighted by atomic mass is 10.0. The molecule has 3 N–H and O–H groups in total. The number of ether oxygens (including phenoxy) is 5. The first-order chi connectivity index (χ1) is 66.4. The van der Waals surface area contributed by atoms with Gasteiger partial charge < -0.3 is 37.4 Å². The number of anilines is 3. The molecule has 6 amide bonds. The minimum atomic E-state index is -0.247. The molecule has 0 unspecified atom stereocenters. The van der Waals surface area contributed by atoms with Gasteiger partial charge in [-0.15, -0.1) is 68.0 Å². The largest absolute Gasteiger partial charge is 0.497 e. The zero-order valence-electron chi connectivity index (χ0n) is 78.8. The Morgan fingerprint density at radius 2 is 0.717 bits per heavy atom. The van der Waals surface area contributed by atoms with Crippen LogP contribution in [0.3, 0.4) is 0 Å². The molecule has 17 rings (SSSR count). The lowest BCUT2D eigenvalue weighted by Gasteiger charge is -2.10. The molecule has 23 nitrogen and oxygen atoms in total. The Morgan fingerprint density at radius 1 is 0.333 bits per heavy atom. The minimum Gasteiger partial charge on any atom is -0.497 e. The average Bonchev–Trinajstić information content (AvgIpc) is 1.70. The van der Waals surface area contributed by atoms with Crippen molar-refractivity contribution in [3.05, 3.63) is 382 Å². The fraction of sp³-hybridized carbons (Fsp3) is 0.159. The highest BCUT2D eigenvalue weighted by Gasteiger charge is 2.21. The molecule has 6 aromatic heterocycles. The lowest BCUT2D eigenvalue weighted by molar-refractivity contribution is 0.0989. The molecule has 6 heterocycles. The van der Waals surface area contributed by atoms with E-state index in [0.29, 0.717) is 74.9 Å². The zero-order valence-corrected chi connectivity index (χ0v) is 86.0. The molecular weight excluding hydrogens is 1940 g/mol. The number of aromatic nitrogens is 6. The number of hydrogen-bond acceptors (Lipinski definition) is 20. The summed E-state index contributed by atoms with van der Waals surface area (Å²) in [7, 11) is 13.9. The van der Waals surface area contributed by atoms with Crippen molar-refractivity contribution in [2.24, 2.45) is 36.1 Å². The van der Waals surface area contributed by atoms with Crippen LogP contribution in [0.1, 0.15) is 112 Å². The molecule has 0 aliphatic heterocycles. The lowest BCUT2D eigenvalue weighted by Crippen LogP contribution is -2.14. The van der Waals surface area contributed by atoms with Crippen LogP contribution < -0.4 is 54.0 Å². The highest BCUT2D eigenvalue weighted by molar-refractivity contribution is 9.10. The predicted octanol–water partition coefficient (Wildman–Crippen LogP) is 25.2. The fourth-order valence-corrected chi connectivity index (χ4v) is 19.1. The van der Waals surface area contributed by atoms with Gasteiger partial charge in [0.2, 0.25) is 0 Å². The number of halogens is 2. The molecule has 0 aliphatic rings. The van der Waals surface area contributed by atoms with Crippen LogP contribution in [0.15, 0.2) is 294 Å². The molecule has 31 heteroatoms. The third-order valence-electron chi connectivity index (χ3n) is 22.0. The van der Waals surface area contributed by atoms with E-state index < -0.39 is 0 Å². The summed E-state index contributed by atoms with van der Waals surface area (Å²) in [4.78, 5) is 102. The van der Waals surface area contributed by atoms with Crippen molar-refractivity contribution in [1.82, 2.24) is 28.7 Å². The monoisotopic (exact) mass is 2030 g/mol. The summed E-state index contributed by atoms with van der Waals surface area (Å²) in [6, 6.07) is 75.0. The van der Waals surface area contributed by atoms with Gasteiger partial charge in [-0.05, 0) is 229 Å². The van der Waals surface area contributed by atoms with Crippen LogP contribution >= 0.6 is 95.6 Å². The van der Waals surface area contributed by atoms with Crippen molar-refractivity contribution in [2.75, 3.05) is 51.5 Å². The van der Waals surface area contributed by atoms with Crippen LogP contribution in [0.25, 0.3) is 56.3 Å². The van der Waals surface area contributed by atoms with Crippen LogP contribution in [0.4, 0.5) is 15.4 Å². The molecular formula is C107H100BrClN12O11S6. The second-order valence-corrected chi connectivity index (χ2v) is 37.4. The molecule has 0 saturated carbocycles. The first-order valence-corrected chi connectivity index (χ1v) is 49.3. The van der Waals surface area contributed by atoms with E-state index in [9.17, 15) is 28.8 Å². The van der Waals surface area contributed by atoms with Gasteiger partial charge in [0.05, 0.1) is 64.0 Å². The first kappa shape index (κ1) is 103. The molecule has 138 heavy (non-hydrogen) atoms. The van der Waals surface area contributed by atoms with Crippen LogP contribution in [-0.2, 0) is 21.1 Å². The summed E-state index contributed by atoms with van der Waals surface area (Å²) in [5.74, 6) is 2.59. The maximum Gasteiger partial charge on any atom is 0.279 e. The molecule has 0 bridgehead atoms. The highest BCUT2D eigenvalue weighted by Crippen LogP contribution is 2.37. The standard InChI is InChI=1S/C21H22N2O3S.C20H20N2O3S.C20H20N2O2S.C17H13BrN2OS.C17H13ClN2OS.C12H12N2OS/c1-12-9-15(10-19(26-5)13(12)2)17-11-27-21(22-17)23-20(24)16-7-6-8-18(25-4)14(16)3;1-12-8-15(10-18(25-4)13(12)2)17-11-26-20(21-17)22-19(23)14-6-5-7-16(9-14)24-3;1-12-7-5-6-8-16(12)19(23)22-20-21-17(11-25-20)15-9-13(2)14(3)18(10-15)24-4;1-20-15(13-8-5-9-14(18)10-13)11-22-17(20)19-16(21)12-6-3-2-4-7-12;1-20-15(13-9-5-6-10-14(13)18)11-22-17(20)19-16(21)12-7-3-2-4-8-12;1-9-8-16-12(14(9)2)13-11(15)10-6-4-3-5-7-10/h6-11H,1-5H3,(H,22,23,24);5-11H,1-4H3,(H,21,22,23);5-11H,1-4H3,(H,21,22,23);2*2-11H,1H3;3-8H,1-2H3. The number of rotatable bonds is 19. The number of benzene rings is 11. The van der Waals surface area contributed by atoms with Gasteiger partial charge in [0.1, 0.15) is 28.7 Å². The molecule has 11 aromatic carbocycles. The second kappa shape index (κ2) is 49.0. The Hall–Kier alpha value is -14.2. The number of amides is 6. The molecule has 0 fully saturated rings. The maximum atomic E-state index is 12.6. The summed E-state index contributed by atoms with van der Waals surface area (Å²) in [5.41, 5.74) is 22.5. The third-order valence-corrected chi connectivity index (χ3v) is 27.9. The Labute approximate surface area is 838 Å². The molecule has 0 aliphatic carbocycles. The van der Waals surface area contributed by atoms with Crippen molar-refractivity contribution in [2.45, 2.75) is 62.3 Å². The van der Waals surface area contributed by atoms with Crippen LogP contribution in [0.5, 0.6) is 28.7 Å². The maximum absolute atomic E-state index is 12.6. The fourth-order valence-electron chi connectivity index (χ4n) is 13.6. The minimum absolute atomic E-state index is 0.142. The Balaban J connectivity index is 0.000000149. The van der Waals surface area contributed by atoms with Gasteiger partial charge in [0.15, 0.2) is 29.8 Å². The smallest absolute Gasteiger partial charge is 0.279 e. The van der Waals surface area contributed by atoms with Crippen LogP contribution in [-0.4, -0.2) is 99.6 Å². The Morgan fingerprint density at radius 3 is 1.15 bits per heavy atom. The van der Waals surface area contributed by atoms with Crippen molar-refractivity contribution in [3.8, 4) is 85.0 Å². The van der Waals surface area contributed by atoms with Gasteiger partial charge in [-0.3, -0.25) is 44.7 Å². The molecule has 0 radical (unpaired) electrons. The highest BCUT2D eigenvalue weighted by atomic mass is 79.9. The van der Waals surface area contributed by atoms with Crippen LogP contribution in [0.2, 0.25) is 5.02 Å². The predicted molar refractivity (Wildman–Crippen MR) is 564 cm³/mol. The summed E-state index contributed by atoms with van der Waals surface area (Å²) in [6.07, 6.45) is 0. The average molecular weight is 2040 g/mol. The zero-order chi connectivity index (χ0) is 98.8. The molecule has 0 saturated heterocycles. The van der Waals surface area contributed by atoms with E-state index in [0.717, 1.165) is 133 Å². The molecule has 0 atom stereocenters. The number of nitrogens with zero attached hydrogens (tertiary/aromatic N) is 9. The number of methoxy groups -OCH3 is 5. The number of nitrogens with one attached hydrogen (secondary N) is 3. The summed E-state index contributed by atoms with van der Waals surface area (Å²) >= 11 is 18.3. The van der Waals surface area contributed by atoms with E-state index in [-0.39, 0.29) is 35.4 Å². The van der Waals surface area contributed by atoms with E-state index in [1.165, 1.54) is 68.0 Å². The number of carbonyl (C=O) groups excluding carboxylic acids is 6. The van der Waals surface area contributed by atoms with Crippen molar-refractivity contribution in [3.63, 3.8) is 0 Å². The van der Waals surface area contributed by atoms with Gasteiger partial charge in [0.25, 0.3) is 35.4 Å². The van der Waals surface area contributed by atoms with Crippen molar-refractivity contribution < 1.29 is 52.5 Å². The summed E-state index contributed by atoms with van der Waals surface area (Å²) < 4.78 is 33.5. The van der Waals surface area contributed by atoms with E-state index >= 15 is 0 Å². The number of carbonyl (C=O) groups is 6. The third kappa shape index (κ3) is 26.7. The summed E-state index contributed by atoms with van der Waals surface area (Å²) in [5, 5.41) is 22.7. The van der Waals surface area contributed by atoms with E-state index in [1.807, 2.05) is 274 Å². The van der Waals surface area contributed by atoms with Gasteiger partial charge in [-0.25, -0.2) is 15.0 Å². The number of hydrogen-bond donors (Lipinski definition) is 3. The Kier molecular flexibility index (Phi) is 36.5. The van der Waals surface area contributed by atoms with E-state index in [1.54, 1.807) is 108 Å². The van der Waals surface area contributed by atoms with Gasteiger partial charge in [-0.1, -0.05) is 143 Å². The normalized spacial score (nSPS) is 11.0. The van der Waals surface area contributed by atoms with Crippen molar-refractivity contribution >= 4 is 146 Å². The molecule has 17 aromatic rings. The van der Waals surface area contributed by atoms with E-state index in [2.05, 4.69) is 86.9 Å². The Bertz CT molecular complexity index is 7460. The quantitative estimate of drug-likeness (QED) is 0.0679. The SMILES string of the molecule is COc1cc(-c2csc(NC(=O)c3cccc(OC)c3C)n2)cc(C)c1C.COc1cc(-c2csc(NC(=O)c3ccccc3C)n2)cc(C)c1C.COc1cccc(C(=O)Nc2nc(-c3cc(C)c(C)c(OC)c3)cs2)c1.Cc1csc(=NC(=O)c2ccccc2)n1C.Cn1c(-c2cccc(Br)c2)csc1=NC(=O)c1ccccc1.Cn1c(-c2ccccc2Cl)csc1=NC(=O)c1ccccc1. The summed E-state index contributed by atoms with van der Waals surface area (Å²) in [6.45, 7) is 18.0. The van der Waals surface area contributed by atoms with Crippen molar-refractivity contribution in [1.29, 1.82) is 0 Å². The van der Waals surface area contributed by atoms with E-state index in [4.69, 9.17) is 35.3 Å². The first-order valence-electron chi connectivity index (χ1n) is 42.9. The number of thiazole rings is 6. The number of aryl methyl sites for hydroxylation is 5. The van der Waals surface area contributed by atoms with Crippen LogP contribution in [0, 0.1) is 62.3 Å². The van der Waals surface area contributed by atoms with Gasteiger partial charge in [-0.2, -0.15) is 15.0 Å².